The van der Waals surface area contributed by atoms with E-state index in [1.807, 2.05) is 18.2 Å². The van der Waals surface area contributed by atoms with Gasteiger partial charge in [-0.05, 0) is 119 Å². The van der Waals surface area contributed by atoms with E-state index in [-0.39, 0.29) is 54.0 Å². The third kappa shape index (κ3) is 8.64. The fourth-order valence-electron chi connectivity index (χ4n) is 8.61. The Morgan fingerprint density at radius 3 is 2.38 bits per heavy atom. The molecule has 4 aromatic rings. The second-order valence-corrected chi connectivity index (χ2v) is 16.0. The lowest BCUT2D eigenvalue weighted by molar-refractivity contribution is -0.136. The second-order valence-electron chi connectivity index (χ2n) is 16.0. The number of rotatable bonds is 13. The molecule has 1 unspecified atom stereocenters. The number of H-pyrrole nitrogens is 1. The number of aromatic nitrogens is 2. The first-order valence-corrected chi connectivity index (χ1v) is 20.7. The molecular weight excluding hydrogens is 769 g/mol. The number of nitrogens with zero attached hydrogens (tertiary/aromatic N) is 4. The van der Waals surface area contributed by atoms with Crippen molar-refractivity contribution in [3.05, 3.63) is 88.7 Å². The molecule has 8 rings (SSSR count). The average Bonchev–Trinajstić information content (AvgIpc) is 3.93. The highest BCUT2D eigenvalue weighted by Crippen LogP contribution is 2.34. The van der Waals surface area contributed by atoms with Gasteiger partial charge in [0, 0.05) is 48.9 Å². The molecule has 4 aliphatic rings. The van der Waals surface area contributed by atoms with Gasteiger partial charge in [0.2, 0.25) is 11.8 Å². The number of nitrogens with one attached hydrogen (secondary N) is 4. The van der Waals surface area contributed by atoms with E-state index in [2.05, 4.69) is 32.8 Å². The fourth-order valence-corrected chi connectivity index (χ4v) is 8.61. The summed E-state index contributed by atoms with van der Waals surface area (Å²) in [6.45, 7) is 5.35. The minimum atomic E-state index is -1.10. The van der Waals surface area contributed by atoms with Crippen LogP contribution < -0.4 is 20.7 Å². The summed E-state index contributed by atoms with van der Waals surface area (Å²) < 4.78 is 5.79. The molecule has 0 spiro atoms. The van der Waals surface area contributed by atoms with Crippen LogP contribution in [0.1, 0.15) is 106 Å². The lowest BCUT2D eigenvalue weighted by Crippen LogP contribution is -2.54. The van der Waals surface area contributed by atoms with E-state index >= 15 is 0 Å². The third-order valence-corrected chi connectivity index (χ3v) is 12.1. The molecule has 4 aliphatic heterocycles. The molecule has 60 heavy (non-hydrogen) atoms. The SMILES string of the molecule is C[C@H]1CCCN1Cc1nc2ccc(NC(=O)c3ccc(C(=O)NCCCC4CCN(C(=O)COc5cccc6c5C(=O)N(C5CCC(=O)NC5=O)C6=O)CC4)cc3)cc2[nH]1. The highest BCUT2D eigenvalue weighted by Gasteiger charge is 2.46. The maximum atomic E-state index is 13.3. The number of imide groups is 2. The van der Waals surface area contributed by atoms with Gasteiger partial charge in [-0.3, -0.25) is 48.7 Å². The number of ether oxygens (including phenoxy) is 1. The summed E-state index contributed by atoms with van der Waals surface area (Å²) in [5.41, 5.74) is 3.35. The van der Waals surface area contributed by atoms with Gasteiger partial charge in [0.15, 0.2) is 6.61 Å². The Kier molecular flexibility index (Phi) is 11.7. The number of piperidine rings is 2. The van der Waals surface area contributed by atoms with Crippen molar-refractivity contribution < 1.29 is 38.3 Å². The van der Waals surface area contributed by atoms with Crippen molar-refractivity contribution in [3.8, 4) is 5.75 Å². The summed E-state index contributed by atoms with van der Waals surface area (Å²) in [6, 6.07) is 16.2. The van der Waals surface area contributed by atoms with Crippen LogP contribution in [0.2, 0.25) is 0 Å². The zero-order chi connectivity index (χ0) is 41.9. The van der Waals surface area contributed by atoms with E-state index in [0.717, 1.165) is 60.5 Å². The van der Waals surface area contributed by atoms with Crippen molar-refractivity contribution >= 4 is 58.1 Å². The molecule has 16 nitrogen and oxygen atoms in total. The summed E-state index contributed by atoms with van der Waals surface area (Å²) >= 11 is 0. The van der Waals surface area contributed by atoms with Crippen molar-refractivity contribution in [1.82, 2.24) is 35.3 Å². The van der Waals surface area contributed by atoms with Crippen molar-refractivity contribution in [2.24, 2.45) is 5.92 Å². The Morgan fingerprint density at radius 1 is 0.883 bits per heavy atom. The Morgan fingerprint density at radius 2 is 1.65 bits per heavy atom. The third-order valence-electron chi connectivity index (χ3n) is 12.1. The number of imidazole rings is 1. The maximum Gasteiger partial charge on any atom is 0.266 e. The first-order valence-electron chi connectivity index (χ1n) is 20.7. The normalized spacial score (nSPS) is 19.8. The largest absolute Gasteiger partial charge is 0.483 e. The Balaban J connectivity index is 0.739. The highest BCUT2D eigenvalue weighted by atomic mass is 16.5. The van der Waals surface area contributed by atoms with Crippen LogP contribution in [0.5, 0.6) is 5.75 Å². The molecule has 0 bridgehead atoms. The van der Waals surface area contributed by atoms with Crippen LogP contribution in [0.25, 0.3) is 11.0 Å². The molecule has 7 amide bonds. The lowest BCUT2D eigenvalue weighted by atomic mass is 9.92. The van der Waals surface area contributed by atoms with E-state index in [9.17, 15) is 33.6 Å². The van der Waals surface area contributed by atoms with E-state index < -0.39 is 29.7 Å². The predicted molar refractivity (Wildman–Crippen MR) is 219 cm³/mol. The van der Waals surface area contributed by atoms with Gasteiger partial charge in [-0.15, -0.1) is 0 Å². The molecule has 5 heterocycles. The van der Waals surface area contributed by atoms with Crippen LogP contribution in [0.4, 0.5) is 5.69 Å². The molecule has 3 fully saturated rings. The van der Waals surface area contributed by atoms with Crippen LogP contribution >= 0.6 is 0 Å². The van der Waals surface area contributed by atoms with E-state index in [1.54, 1.807) is 35.2 Å². The second kappa shape index (κ2) is 17.4. The van der Waals surface area contributed by atoms with Gasteiger partial charge < -0.3 is 25.3 Å². The van der Waals surface area contributed by atoms with E-state index in [4.69, 9.17) is 9.72 Å². The number of carbonyl (C=O) groups excluding carboxylic acids is 7. The van der Waals surface area contributed by atoms with Crippen molar-refractivity contribution in [3.63, 3.8) is 0 Å². The maximum absolute atomic E-state index is 13.3. The fraction of sp³-hybridized carbons (Fsp3) is 0.409. The summed E-state index contributed by atoms with van der Waals surface area (Å²) in [6.07, 6.45) is 5.72. The molecular formula is C44H48N8O8. The summed E-state index contributed by atoms with van der Waals surface area (Å²) in [4.78, 5) is 103. The van der Waals surface area contributed by atoms with Crippen LogP contribution in [0.15, 0.2) is 60.7 Å². The first-order chi connectivity index (χ1) is 29.0. The van der Waals surface area contributed by atoms with Gasteiger partial charge >= 0.3 is 0 Å². The monoisotopic (exact) mass is 816 g/mol. The number of amides is 7. The van der Waals surface area contributed by atoms with Crippen LogP contribution in [0.3, 0.4) is 0 Å². The zero-order valence-electron chi connectivity index (χ0n) is 33.5. The molecule has 0 aliphatic carbocycles. The quantitative estimate of drug-likeness (QED) is 0.113. The molecule has 16 heteroatoms. The van der Waals surface area contributed by atoms with Gasteiger partial charge in [0.1, 0.15) is 17.6 Å². The number of carbonyl (C=O) groups is 7. The molecule has 3 aromatic carbocycles. The minimum Gasteiger partial charge on any atom is -0.483 e. The number of likely N-dealkylation sites (tertiary alicyclic amines) is 2. The van der Waals surface area contributed by atoms with Gasteiger partial charge in [0.25, 0.3) is 29.5 Å². The molecule has 1 aromatic heterocycles. The molecule has 4 N–H and O–H groups in total. The average molecular weight is 817 g/mol. The Labute approximate surface area is 346 Å². The van der Waals surface area contributed by atoms with Crippen molar-refractivity contribution in [1.29, 1.82) is 0 Å². The smallest absolute Gasteiger partial charge is 0.266 e. The first kappa shape index (κ1) is 40.4. The van der Waals surface area contributed by atoms with Gasteiger partial charge in [-0.1, -0.05) is 6.07 Å². The molecule has 2 atom stereocenters. The molecule has 0 saturated carbocycles. The van der Waals surface area contributed by atoms with Crippen LogP contribution in [-0.2, 0) is 20.9 Å². The zero-order valence-corrected chi connectivity index (χ0v) is 33.5. The molecule has 312 valence electrons. The van der Waals surface area contributed by atoms with Gasteiger partial charge in [0.05, 0.1) is 28.7 Å². The van der Waals surface area contributed by atoms with Crippen LogP contribution in [0, 0.1) is 5.92 Å². The number of fused-ring (bicyclic) bond motifs is 2. The lowest BCUT2D eigenvalue weighted by Gasteiger charge is -2.32. The topological polar surface area (TPSA) is 203 Å². The minimum absolute atomic E-state index is 0.00181. The van der Waals surface area contributed by atoms with E-state index in [1.165, 1.54) is 25.0 Å². The number of anilines is 1. The predicted octanol–water partition coefficient (Wildman–Crippen LogP) is 4.03. The van der Waals surface area contributed by atoms with Crippen LogP contribution in [-0.4, -0.2) is 111 Å². The number of hydrogen-bond acceptors (Lipinski definition) is 10. The molecule has 3 saturated heterocycles. The number of benzene rings is 3. The Bertz CT molecular complexity index is 2350. The van der Waals surface area contributed by atoms with Gasteiger partial charge in [-0.2, -0.15) is 0 Å². The Hall–Kier alpha value is -6.42. The summed E-state index contributed by atoms with van der Waals surface area (Å²) in [7, 11) is 0. The molecule has 0 radical (unpaired) electrons. The summed E-state index contributed by atoms with van der Waals surface area (Å²) in [5, 5.41) is 8.08. The standard InChI is InChI=1S/C44H48N8O8/c1-26-5-4-20-51(26)24-36-47-32-14-13-30(23-33(32)48-36)46-41(56)29-11-9-28(10-12-29)40(55)45-19-3-6-27-17-21-50(22-18-27)38(54)25-60-35-8-2-7-31-39(35)44(59)52(43(31)58)34-15-16-37(53)49-42(34)57/h2,7-14,23,26-27,34H,3-6,15-22,24-25H2,1H3,(H,45,55)(H,46,56)(H,47,48)(H,49,53,57)/t26-,34?/m0/s1. The van der Waals surface area contributed by atoms with Crippen molar-refractivity contribution in [2.75, 3.05) is 38.1 Å². The van der Waals surface area contributed by atoms with Gasteiger partial charge in [-0.25, -0.2) is 4.98 Å². The van der Waals surface area contributed by atoms with Crippen molar-refractivity contribution in [2.45, 2.75) is 76.9 Å². The van der Waals surface area contributed by atoms with E-state index in [0.29, 0.717) is 48.4 Å². The highest BCUT2D eigenvalue weighted by molar-refractivity contribution is 6.24. The number of hydrogen-bond donors (Lipinski definition) is 4. The number of aromatic amines is 1. The summed E-state index contributed by atoms with van der Waals surface area (Å²) in [5.74, 6) is -1.85.